The number of benzene rings is 1. The van der Waals surface area contributed by atoms with Crippen LogP contribution in [0.4, 0.5) is 4.79 Å². The molecule has 2 rings (SSSR count). The van der Waals surface area contributed by atoms with Gasteiger partial charge in [0.2, 0.25) is 0 Å². The first-order valence-corrected chi connectivity index (χ1v) is 7.19. The fourth-order valence-electron chi connectivity index (χ4n) is 2.09. The molecule has 0 atom stereocenters. The van der Waals surface area contributed by atoms with Gasteiger partial charge in [0.05, 0.1) is 19.2 Å². The number of unbranched alkanes of at least 4 members (excludes halogenated alkanes) is 1. The summed E-state index contributed by atoms with van der Waals surface area (Å²) in [6, 6.07) is 5.51. The first-order chi connectivity index (χ1) is 10.2. The van der Waals surface area contributed by atoms with Crippen molar-refractivity contribution in [2.45, 2.75) is 26.7 Å². The molecule has 6 nitrogen and oxygen atoms in total. The summed E-state index contributed by atoms with van der Waals surface area (Å²) in [5.74, 6) is 0.619. The minimum Gasteiger partial charge on any atom is -0.494 e. The number of ether oxygens (including phenoxy) is 2. The number of hydrogen-bond acceptors (Lipinski definition) is 4. The molecule has 1 aromatic carbocycles. The Labute approximate surface area is 124 Å². The smallest absolute Gasteiger partial charge is 0.330 e. The molecule has 0 radical (unpaired) electrons. The van der Waals surface area contributed by atoms with E-state index in [2.05, 4.69) is 17.2 Å². The molecule has 6 heteroatoms. The van der Waals surface area contributed by atoms with E-state index < -0.39 is 0 Å². The molecule has 0 saturated heterocycles. The maximum absolute atomic E-state index is 12.4. The lowest BCUT2D eigenvalue weighted by atomic mass is 10.3. The Kier molecular flexibility index (Phi) is 5.03. The minimum absolute atomic E-state index is 0.234. The SMILES string of the molecule is CCCCNC(=O)n1c(OCC)nc2c(OC)cccc21. The molecule has 1 aromatic heterocycles. The number of methoxy groups -OCH3 is 1. The second kappa shape index (κ2) is 6.97. The van der Waals surface area contributed by atoms with Crippen molar-refractivity contribution in [3.05, 3.63) is 18.2 Å². The maximum Gasteiger partial charge on any atom is 0.330 e. The van der Waals surface area contributed by atoms with E-state index in [1.54, 1.807) is 7.11 Å². The molecular formula is C15H21N3O3. The first-order valence-electron chi connectivity index (χ1n) is 7.19. The summed E-state index contributed by atoms with van der Waals surface area (Å²) >= 11 is 0. The lowest BCUT2D eigenvalue weighted by molar-refractivity contribution is 0.235. The van der Waals surface area contributed by atoms with E-state index in [4.69, 9.17) is 9.47 Å². The van der Waals surface area contributed by atoms with Crippen molar-refractivity contribution in [1.29, 1.82) is 0 Å². The van der Waals surface area contributed by atoms with Gasteiger partial charge in [0, 0.05) is 6.54 Å². The van der Waals surface area contributed by atoms with Gasteiger partial charge in [0.25, 0.3) is 0 Å². The quantitative estimate of drug-likeness (QED) is 0.831. The van der Waals surface area contributed by atoms with Gasteiger partial charge in [-0.1, -0.05) is 19.4 Å². The largest absolute Gasteiger partial charge is 0.494 e. The van der Waals surface area contributed by atoms with Crippen molar-refractivity contribution >= 4 is 17.1 Å². The lowest BCUT2D eigenvalue weighted by Crippen LogP contribution is -2.29. The summed E-state index contributed by atoms with van der Waals surface area (Å²) in [5.41, 5.74) is 1.29. The number of carbonyl (C=O) groups excluding carboxylic acids is 1. The summed E-state index contributed by atoms with van der Waals surface area (Å²) in [5, 5.41) is 2.88. The normalized spacial score (nSPS) is 10.6. The molecule has 0 bridgehead atoms. The van der Waals surface area contributed by atoms with Crippen LogP contribution in [0.1, 0.15) is 26.7 Å². The van der Waals surface area contributed by atoms with E-state index >= 15 is 0 Å². The highest BCUT2D eigenvalue weighted by Crippen LogP contribution is 2.28. The number of nitrogens with one attached hydrogen (secondary N) is 1. The van der Waals surface area contributed by atoms with Crippen LogP contribution in [-0.2, 0) is 0 Å². The number of nitrogens with zero attached hydrogens (tertiary/aromatic N) is 2. The predicted molar refractivity (Wildman–Crippen MR) is 81.2 cm³/mol. The molecule has 1 amide bonds. The summed E-state index contributed by atoms with van der Waals surface area (Å²) < 4.78 is 12.2. The van der Waals surface area contributed by atoms with Gasteiger partial charge in [-0.25, -0.2) is 9.36 Å². The van der Waals surface area contributed by atoms with Gasteiger partial charge in [-0.2, -0.15) is 4.98 Å². The highest BCUT2D eigenvalue weighted by Gasteiger charge is 2.19. The zero-order chi connectivity index (χ0) is 15.2. The van der Waals surface area contributed by atoms with Gasteiger partial charge in [-0.3, -0.25) is 0 Å². The van der Waals surface area contributed by atoms with Crippen LogP contribution < -0.4 is 14.8 Å². The molecule has 1 N–H and O–H groups in total. The fourth-order valence-corrected chi connectivity index (χ4v) is 2.09. The van der Waals surface area contributed by atoms with E-state index in [1.807, 2.05) is 25.1 Å². The fraction of sp³-hybridized carbons (Fsp3) is 0.467. The number of para-hydroxylation sites is 1. The number of rotatable bonds is 6. The van der Waals surface area contributed by atoms with Gasteiger partial charge in [-0.15, -0.1) is 0 Å². The molecule has 21 heavy (non-hydrogen) atoms. The molecular weight excluding hydrogens is 270 g/mol. The summed E-state index contributed by atoms with van der Waals surface area (Å²) in [6.07, 6.45) is 1.96. The van der Waals surface area contributed by atoms with Crippen LogP contribution in [0, 0.1) is 0 Å². The summed E-state index contributed by atoms with van der Waals surface area (Å²) in [6.45, 7) is 5.00. The van der Waals surface area contributed by atoms with Crippen molar-refractivity contribution in [1.82, 2.24) is 14.9 Å². The van der Waals surface area contributed by atoms with E-state index in [9.17, 15) is 4.79 Å². The van der Waals surface area contributed by atoms with Gasteiger partial charge in [-0.05, 0) is 25.5 Å². The molecule has 114 valence electrons. The average Bonchev–Trinajstić information content (AvgIpc) is 2.85. The molecule has 0 unspecified atom stereocenters. The van der Waals surface area contributed by atoms with Crippen molar-refractivity contribution in [3.63, 3.8) is 0 Å². The Morgan fingerprint density at radius 2 is 2.19 bits per heavy atom. The van der Waals surface area contributed by atoms with Crippen LogP contribution >= 0.6 is 0 Å². The molecule has 0 spiro atoms. The molecule has 0 aliphatic rings. The zero-order valence-corrected chi connectivity index (χ0v) is 12.7. The number of hydrogen-bond donors (Lipinski definition) is 1. The molecule has 0 aliphatic heterocycles. The third kappa shape index (κ3) is 3.09. The Balaban J connectivity index is 2.43. The number of carbonyl (C=O) groups is 1. The van der Waals surface area contributed by atoms with E-state index in [1.165, 1.54) is 4.57 Å². The van der Waals surface area contributed by atoms with Gasteiger partial charge < -0.3 is 14.8 Å². The molecule has 0 saturated carbocycles. The Hall–Kier alpha value is -2.24. The van der Waals surface area contributed by atoms with Crippen molar-refractivity contribution in [2.75, 3.05) is 20.3 Å². The lowest BCUT2D eigenvalue weighted by Gasteiger charge is -2.09. The van der Waals surface area contributed by atoms with Gasteiger partial charge in [0.15, 0.2) is 0 Å². The molecule has 2 aromatic rings. The third-order valence-corrected chi connectivity index (χ3v) is 3.12. The molecule has 0 aliphatic carbocycles. The van der Waals surface area contributed by atoms with Crippen LogP contribution in [0.25, 0.3) is 11.0 Å². The Morgan fingerprint density at radius 3 is 2.86 bits per heavy atom. The zero-order valence-electron chi connectivity index (χ0n) is 12.7. The number of aromatic nitrogens is 2. The van der Waals surface area contributed by atoms with E-state index in [0.29, 0.717) is 29.9 Å². The van der Waals surface area contributed by atoms with Crippen LogP contribution in [0.2, 0.25) is 0 Å². The van der Waals surface area contributed by atoms with E-state index in [-0.39, 0.29) is 12.0 Å². The average molecular weight is 291 g/mol. The van der Waals surface area contributed by atoms with Crippen molar-refractivity contribution < 1.29 is 14.3 Å². The number of amides is 1. The van der Waals surface area contributed by atoms with Crippen molar-refractivity contribution in [3.8, 4) is 11.8 Å². The Morgan fingerprint density at radius 1 is 1.38 bits per heavy atom. The van der Waals surface area contributed by atoms with Gasteiger partial charge in [0.1, 0.15) is 11.3 Å². The standard InChI is InChI=1S/C15H21N3O3/c1-4-6-10-16-14(19)18-11-8-7-9-12(20-3)13(11)17-15(18)21-5-2/h7-9H,4-6,10H2,1-3H3,(H,16,19). The summed E-state index contributed by atoms with van der Waals surface area (Å²) in [7, 11) is 1.58. The van der Waals surface area contributed by atoms with E-state index in [0.717, 1.165) is 12.8 Å². The second-order valence-corrected chi connectivity index (χ2v) is 4.58. The topological polar surface area (TPSA) is 65.4 Å². The van der Waals surface area contributed by atoms with Crippen LogP contribution in [0.15, 0.2) is 18.2 Å². The van der Waals surface area contributed by atoms with Gasteiger partial charge >= 0.3 is 12.0 Å². The number of imidazole rings is 1. The van der Waals surface area contributed by atoms with Crippen LogP contribution in [0.5, 0.6) is 11.8 Å². The Bertz CT molecular complexity index is 622. The molecule has 1 heterocycles. The minimum atomic E-state index is -0.234. The van der Waals surface area contributed by atoms with Crippen LogP contribution in [0.3, 0.4) is 0 Å². The highest BCUT2D eigenvalue weighted by atomic mass is 16.5. The highest BCUT2D eigenvalue weighted by molar-refractivity contribution is 5.93. The maximum atomic E-state index is 12.4. The monoisotopic (exact) mass is 291 g/mol. The first kappa shape index (κ1) is 15.2. The van der Waals surface area contributed by atoms with Crippen LogP contribution in [-0.4, -0.2) is 35.8 Å². The summed E-state index contributed by atoms with van der Waals surface area (Å²) in [4.78, 5) is 16.8. The second-order valence-electron chi connectivity index (χ2n) is 4.58. The molecule has 0 fully saturated rings. The number of fused-ring (bicyclic) bond motifs is 1. The predicted octanol–water partition coefficient (Wildman–Crippen LogP) is 2.80. The third-order valence-electron chi connectivity index (χ3n) is 3.12. The van der Waals surface area contributed by atoms with Crippen molar-refractivity contribution in [2.24, 2.45) is 0 Å².